The topological polar surface area (TPSA) is 9.23 Å². The van der Waals surface area contributed by atoms with Crippen LogP contribution in [0.4, 0.5) is 26.3 Å². The van der Waals surface area contributed by atoms with Crippen LogP contribution in [0.1, 0.15) is 11.1 Å². The normalized spacial score (nSPS) is 12.8. The number of hydrogen-bond acceptors (Lipinski definition) is 2. The van der Waals surface area contributed by atoms with Crippen molar-refractivity contribution in [3.8, 4) is 5.75 Å². The fraction of sp³-hybridized carbons (Fsp3) is 0.250. The third-order valence-electron chi connectivity index (χ3n) is 1.70. The number of alkyl halides is 6. The van der Waals surface area contributed by atoms with Crippen LogP contribution in [0.5, 0.6) is 5.75 Å². The van der Waals surface area contributed by atoms with Crippen molar-refractivity contribution in [2.75, 3.05) is 0 Å². The zero-order valence-electron chi connectivity index (χ0n) is 7.76. The minimum atomic E-state index is -4.88. The Morgan fingerprint density at radius 2 is 1.29 bits per heavy atom. The number of benzene rings is 1. The van der Waals surface area contributed by atoms with Gasteiger partial charge in [-0.05, 0) is 30.0 Å². The highest BCUT2D eigenvalue weighted by Crippen LogP contribution is 2.38. The molecule has 94 valence electrons. The molecule has 1 nitrogen and oxygen atoms in total. The van der Waals surface area contributed by atoms with Crippen LogP contribution in [0.15, 0.2) is 18.2 Å². The SMILES string of the molecule is FC(F)(F)c1cc(OP=S)cc(C(F)(F)F)c1. The molecule has 0 N–H and O–H groups in total. The quantitative estimate of drug-likeness (QED) is 0.589. The van der Waals surface area contributed by atoms with Crippen LogP contribution < -0.4 is 4.52 Å². The van der Waals surface area contributed by atoms with Crippen molar-refractivity contribution in [3.05, 3.63) is 29.3 Å². The fourth-order valence-corrected chi connectivity index (χ4v) is 1.47. The lowest BCUT2D eigenvalue weighted by atomic mass is 10.1. The van der Waals surface area contributed by atoms with E-state index >= 15 is 0 Å². The first-order chi connectivity index (χ1) is 7.64. The van der Waals surface area contributed by atoms with Gasteiger partial charge < -0.3 is 4.52 Å². The Morgan fingerprint density at radius 3 is 1.59 bits per heavy atom. The highest BCUT2D eigenvalue weighted by molar-refractivity contribution is 7.94. The van der Waals surface area contributed by atoms with Crippen molar-refractivity contribution in [1.82, 2.24) is 0 Å². The average molecular weight is 292 g/mol. The molecule has 1 rings (SSSR count). The first kappa shape index (κ1) is 14.2. The Balaban J connectivity index is 3.34. The molecule has 0 atom stereocenters. The molecule has 0 bridgehead atoms. The molecule has 0 aliphatic heterocycles. The van der Waals surface area contributed by atoms with Crippen LogP contribution in [-0.2, 0) is 24.2 Å². The van der Waals surface area contributed by atoms with Crippen molar-refractivity contribution >= 4 is 19.4 Å². The smallest absolute Gasteiger partial charge is 0.416 e. The third kappa shape index (κ3) is 3.81. The second-order valence-electron chi connectivity index (χ2n) is 2.91. The Kier molecular flexibility index (Phi) is 3.99. The van der Waals surface area contributed by atoms with Gasteiger partial charge in [0, 0.05) is 0 Å². The predicted octanol–water partition coefficient (Wildman–Crippen LogP) is 4.43. The van der Waals surface area contributed by atoms with Crippen molar-refractivity contribution in [2.24, 2.45) is 0 Å². The van der Waals surface area contributed by atoms with Gasteiger partial charge in [-0.25, -0.2) is 0 Å². The molecule has 0 heterocycles. The summed E-state index contributed by atoms with van der Waals surface area (Å²) in [7, 11) is -0.207. The maximum absolute atomic E-state index is 12.3. The Labute approximate surface area is 98.3 Å². The summed E-state index contributed by atoms with van der Waals surface area (Å²) in [4.78, 5) is 0. The molecule has 0 aliphatic rings. The summed E-state index contributed by atoms with van der Waals surface area (Å²) >= 11 is 4.29. The van der Waals surface area contributed by atoms with E-state index in [2.05, 4.69) is 16.3 Å². The van der Waals surface area contributed by atoms with Crippen molar-refractivity contribution < 1.29 is 30.9 Å². The summed E-state index contributed by atoms with van der Waals surface area (Å²) in [6.07, 6.45) is -9.75. The first-order valence-electron chi connectivity index (χ1n) is 3.94. The molecule has 0 saturated heterocycles. The molecular weight excluding hydrogens is 289 g/mol. The summed E-state index contributed by atoms with van der Waals surface area (Å²) in [5.74, 6) is -0.566. The summed E-state index contributed by atoms with van der Waals surface area (Å²) in [6.45, 7) is 0. The summed E-state index contributed by atoms with van der Waals surface area (Å²) in [5, 5.41) is 0. The van der Waals surface area contributed by atoms with Crippen LogP contribution in [0.3, 0.4) is 0 Å². The maximum atomic E-state index is 12.3. The van der Waals surface area contributed by atoms with Crippen molar-refractivity contribution in [2.45, 2.75) is 12.4 Å². The third-order valence-corrected chi connectivity index (χ3v) is 2.21. The molecule has 17 heavy (non-hydrogen) atoms. The monoisotopic (exact) mass is 292 g/mol. The Morgan fingerprint density at radius 1 is 0.882 bits per heavy atom. The van der Waals surface area contributed by atoms with Crippen molar-refractivity contribution in [1.29, 1.82) is 0 Å². The predicted molar refractivity (Wildman–Crippen MR) is 51.4 cm³/mol. The van der Waals surface area contributed by atoms with Crippen LogP contribution in [0, 0.1) is 0 Å². The molecule has 1 aromatic rings. The molecule has 0 fully saturated rings. The lowest BCUT2D eigenvalue weighted by molar-refractivity contribution is -0.143. The van der Waals surface area contributed by atoms with Gasteiger partial charge in [-0.3, -0.25) is 0 Å². The van der Waals surface area contributed by atoms with Gasteiger partial charge in [-0.15, -0.1) is 0 Å². The highest BCUT2D eigenvalue weighted by atomic mass is 32.4. The molecule has 0 unspecified atom stereocenters. The Hall–Kier alpha value is -0.880. The lowest BCUT2D eigenvalue weighted by Crippen LogP contribution is -2.10. The van der Waals surface area contributed by atoms with Crippen LogP contribution in [0.2, 0.25) is 0 Å². The first-order valence-corrected chi connectivity index (χ1v) is 5.76. The van der Waals surface area contributed by atoms with Crippen LogP contribution >= 0.6 is 7.58 Å². The van der Waals surface area contributed by atoms with E-state index in [9.17, 15) is 26.3 Å². The molecule has 0 radical (unpaired) electrons. The number of hydrogen-bond donors (Lipinski definition) is 0. The van der Waals surface area contributed by atoms with Gasteiger partial charge in [0.1, 0.15) is 5.75 Å². The average Bonchev–Trinajstić information content (AvgIpc) is 2.15. The van der Waals surface area contributed by atoms with E-state index < -0.39 is 29.2 Å². The van der Waals surface area contributed by atoms with E-state index in [1.54, 1.807) is 0 Å². The van der Waals surface area contributed by atoms with E-state index in [0.717, 1.165) is 0 Å². The molecular formula is C8H3F6OPS. The zero-order chi connectivity index (χ0) is 13.3. The van der Waals surface area contributed by atoms with Gasteiger partial charge in [0.15, 0.2) is 0 Å². The van der Waals surface area contributed by atoms with Gasteiger partial charge in [0.2, 0.25) is 7.58 Å². The highest BCUT2D eigenvalue weighted by Gasteiger charge is 2.37. The minimum absolute atomic E-state index is 0.0210. The van der Waals surface area contributed by atoms with Crippen molar-refractivity contribution in [3.63, 3.8) is 0 Å². The fourth-order valence-electron chi connectivity index (χ4n) is 1.02. The largest absolute Gasteiger partial charge is 0.429 e. The molecule has 9 heteroatoms. The molecule has 1 aromatic carbocycles. The molecule has 0 amide bonds. The molecule has 0 saturated carbocycles. The van der Waals surface area contributed by atoms with E-state index in [1.807, 2.05) is 0 Å². The minimum Gasteiger partial charge on any atom is -0.429 e. The van der Waals surface area contributed by atoms with Gasteiger partial charge in [0.25, 0.3) is 0 Å². The van der Waals surface area contributed by atoms with E-state index in [-0.39, 0.29) is 13.6 Å². The lowest BCUT2D eigenvalue weighted by Gasteiger charge is -2.12. The summed E-state index contributed by atoms with van der Waals surface area (Å²) in [6, 6.07) is 0.955. The molecule has 0 aliphatic carbocycles. The zero-order valence-corrected chi connectivity index (χ0v) is 9.47. The standard InChI is InChI=1S/C8H3F6OPS/c9-7(10,11)4-1-5(8(12,13)14)3-6(2-4)15-16-17/h1-3H. The molecule has 0 spiro atoms. The summed E-state index contributed by atoms with van der Waals surface area (Å²) < 4.78 is 78.4. The van der Waals surface area contributed by atoms with Gasteiger partial charge in [0.05, 0.1) is 11.1 Å². The van der Waals surface area contributed by atoms with Gasteiger partial charge in [-0.2, -0.15) is 26.3 Å². The Bertz CT molecular complexity index is 395. The second kappa shape index (κ2) is 4.78. The number of halogens is 6. The van der Waals surface area contributed by atoms with E-state index in [0.29, 0.717) is 12.1 Å². The summed E-state index contributed by atoms with van der Waals surface area (Å²) in [5.41, 5.74) is -2.86. The maximum Gasteiger partial charge on any atom is 0.416 e. The number of rotatable bonds is 2. The van der Waals surface area contributed by atoms with Crippen LogP contribution in [-0.4, -0.2) is 0 Å². The van der Waals surface area contributed by atoms with E-state index in [1.165, 1.54) is 0 Å². The second-order valence-corrected chi connectivity index (χ2v) is 3.69. The van der Waals surface area contributed by atoms with Gasteiger partial charge >= 0.3 is 12.4 Å². The molecule has 0 aromatic heterocycles. The van der Waals surface area contributed by atoms with E-state index in [4.69, 9.17) is 0 Å². The van der Waals surface area contributed by atoms with Gasteiger partial charge in [-0.1, -0.05) is 0 Å². The van der Waals surface area contributed by atoms with Crippen LogP contribution in [0.25, 0.3) is 0 Å².